The molecule has 0 spiro atoms. The lowest BCUT2D eigenvalue weighted by Gasteiger charge is -2.06. The zero-order valence-corrected chi connectivity index (χ0v) is 9.98. The molecule has 0 fully saturated rings. The van der Waals surface area contributed by atoms with Gasteiger partial charge in [0.1, 0.15) is 12.4 Å². The van der Waals surface area contributed by atoms with Gasteiger partial charge < -0.3 is 4.74 Å². The number of hydrogen-bond acceptors (Lipinski definition) is 5. The number of nitrogen functional groups attached to an aromatic ring is 1. The van der Waals surface area contributed by atoms with Crippen LogP contribution in [-0.2, 0) is 13.7 Å². The van der Waals surface area contributed by atoms with Crippen LogP contribution >= 0.6 is 11.6 Å². The number of nitrogens with two attached hydrogens (primary N) is 1. The van der Waals surface area contributed by atoms with Gasteiger partial charge in [0.05, 0.1) is 0 Å². The Labute approximate surface area is 103 Å². The van der Waals surface area contributed by atoms with Crippen molar-refractivity contribution >= 4 is 17.5 Å². The molecule has 0 aliphatic carbocycles. The minimum Gasteiger partial charge on any atom is -0.486 e. The molecule has 1 aromatic heterocycles. The minimum atomic E-state index is 0.312. The van der Waals surface area contributed by atoms with Crippen LogP contribution in [0, 0.1) is 0 Å². The number of halogens is 1. The SMILES string of the molecule is Cn1c(COc2ccc(Cl)cc2)nnc1NN. The molecule has 0 aliphatic heterocycles. The van der Waals surface area contributed by atoms with Crippen LogP contribution in [0.4, 0.5) is 5.95 Å². The van der Waals surface area contributed by atoms with Gasteiger partial charge in [-0.25, -0.2) is 5.84 Å². The lowest BCUT2D eigenvalue weighted by atomic mass is 10.3. The van der Waals surface area contributed by atoms with Gasteiger partial charge in [-0.2, -0.15) is 0 Å². The van der Waals surface area contributed by atoms with Crippen molar-refractivity contribution in [3.63, 3.8) is 0 Å². The van der Waals surface area contributed by atoms with E-state index >= 15 is 0 Å². The largest absolute Gasteiger partial charge is 0.486 e. The van der Waals surface area contributed by atoms with E-state index in [4.69, 9.17) is 22.2 Å². The van der Waals surface area contributed by atoms with Gasteiger partial charge in [-0.15, -0.1) is 10.2 Å². The molecular formula is C10H12ClN5O. The van der Waals surface area contributed by atoms with Gasteiger partial charge in [0, 0.05) is 12.1 Å². The maximum atomic E-state index is 5.77. The Hall–Kier alpha value is -1.79. The smallest absolute Gasteiger partial charge is 0.238 e. The third kappa shape index (κ3) is 2.66. The number of nitrogens with zero attached hydrogens (tertiary/aromatic N) is 3. The highest BCUT2D eigenvalue weighted by Crippen LogP contribution is 2.16. The third-order valence-electron chi connectivity index (χ3n) is 2.28. The van der Waals surface area contributed by atoms with Gasteiger partial charge in [0.2, 0.25) is 5.95 Å². The van der Waals surface area contributed by atoms with E-state index in [1.54, 1.807) is 35.9 Å². The summed E-state index contributed by atoms with van der Waals surface area (Å²) in [6.07, 6.45) is 0. The average molecular weight is 254 g/mol. The van der Waals surface area contributed by atoms with Crippen LogP contribution in [0.25, 0.3) is 0 Å². The summed E-state index contributed by atoms with van der Waals surface area (Å²) in [5.74, 6) is 7.14. The van der Waals surface area contributed by atoms with Crippen molar-refractivity contribution in [2.45, 2.75) is 6.61 Å². The molecule has 0 atom stereocenters. The number of benzene rings is 1. The summed E-state index contributed by atoms with van der Waals surface area (Å²) in [6, 6.07) is 7.11. The molecule has 0 amide bonds. The van der Waals surface area contributed by atoms with Crippen molar-refractivity contribution in [2.75, 3.05) is 5.43 Å². The van der Waals surface area contributed by atoms with Gasteiger partial charge in [0.15, 0.2) is 5.82 Å². The van der Waals surface area contributed by atoms with Gasteiger partial charge in [0.25, 0.3) is 0 Å². The zero-order valence-electron chi connectivity index (χ0n) is 9.22. The predicted molar refractivity (Wildman–Crippen MR) is 64.6 cm³/mol. The van der Waals surface area contributed by atoms with Crippen LogP contribution in [0.15, 0.2) is 24.3 Å². The van der Waals surface area contributed by atoms with Crippen LogP contribution in [-0.4, -0.2) is 14.8 Å². The van der Waals surface area contributed by atoms with Crippen molar-refractivity contribution in [2.24, 2.45) is 12.9 Å². The lowest BCUT2D eigenvalue weighted by Crippen LogP contribution is -2.13. The van der Waals surface area contributed by atoms with E-state index in [2.05, 4.69) is 15.6 Å². The van der Waals surface area contributed by atoms with Crippen LogP contribution in [0.3, 0.4) is 0 Å². The molecule has 0 unspecified atom stereocenters. The zero-order chi connectivity index (χ0) is 12.3. The van der Waals surface area contributed by atoms with Crippen LogP contribution in [0.1, 0.15) is 5.82 Å². The Kier molecular flexibility index (Phi) is 3.46. The lowest BCUT2D eigenvalue weighted by molar-refractivity contribution is 0.291. The number of anilines is 1. The van der Waals surface area contributed by atoms with Crippen molar-refractivity contribution in [1.29, 1.82) is 0 Å². The Bertz CT molecular complexity index is 496. The number of ether oxygens (including phenoxy) is 1. The molecule has 0 saturated carbocycles. The highest BCUT2D eigenvalue weighted by atomic mass is 35.5. The number of hydrogen-bond donors (Lipinski definition) is 2. The predicted octanol–water partition coefficient (Wildman–Crippen LogP) is 1.33. The third-order valence-corrected chi connectivity index (χ3v) is 2.53. The van der Waals surface area contributed by atoms with Gasteiger partial charge in [-0.3, -0.25) is 9.99 Å². The second kappa shape index (κ2) is 5.03. The van der Waals surface area contributed by atoms with Crippen LogP contribution in [0.5, 0.6) is 5.75 Å². The minimum absolute atomic E-state index is 0.312. The summed E-state index contributed by atoms with van der Waals surface area (Å²) in [6.45, 7) is 0.312. The van der Waals surface area contributed by atoms with E-state index in [1.165, 1.54) is 0 Å². The Morgan fingerprint density at radius 2 is 2.06 bits per heavy atom. The first-order valence-electron chi connectivity index (χ1n) is 4.94. The fourth-order valence-corrected chi connectivity index (χ4v) is 1.42. The average Bonchev–Trinajstić information content (AvgIpc) is 2.69. The molecule has 2 aromatic rings. The van der Waals surface area contributed by atoms with E-state index in [9.17, 15) is 0 Å². The fraction of sp³-hybridized carbons (Fsp3) is 0.200. The molecule has 17 heavy (non-hydrogen) atoms. The van der Waals surface area contributed by atoms with E-state index in [1.807, 2.05) is 0 Å². The van der Waals surface area contributed by atoms with Crippen molar-refractivity contribution in [3.8, 4) is 5.75 Å². The summed E-state index contributed by atoms with van der Waals surface area (Å²) in [5.41, 5.74) is 2.44. The molecule has 90 valence electrons. The molecule has 0 bridgehead atoms. The summed E-state index contributed by atoms with van der Waals surface area (Å²) in [7, 11) is 1.80. The molecule has 0 saturated heterocycles. The number of nitrogens with one attached hydrogen (secondary N) is 1. The van der Waals surface area contributed by atoms with Crippen LogP contribution in [0.2, 0.25) is 5.02 Å². The number of rotatable bonds is 4. The normalized spacial score (nSPS) is 10.3. The maximum absolute atomic E-state index is 5.77. The van der Waals surface area contributed by atoms with Crippen molar-refractivity contribution < 1.29 is 4.74 Å². The molecule has 2 rings (SSSR count). The first-order valence-corrected chi connectivity index (χ1v) is 5.31. The Morgan fingerprint density at radius 3 is 2.65 bits per heavy atom. The van der Waals surface area contributed by atoms with E-state index in [0.29, 0.717) is 23.4 Å². The molecule has 1 aromatic carbocycles. The standard InChI is InChI=1S/C10H12ClN5O/c1-16-9(14-15-10(16)13-12)6-17-8-4-2-7(11)3-5-8/h2-5H,6,12H2,1H3,(H,13,15). The molecule has 3 N–H and O–H groups in total. The number of aromatic nitrogens is 3. The van der Waals surface area contributed by atoms with Crippen molar-refractivity contribution in [3.05, 3.63) is 35.1 Å². The second-order valence-electron chi connectivity index (χ2n) is 3.39. The second-order valence-corrected chi connectivity index (χ2v) is 3.82. The molecule has 7 heteroatoms. The quantitative estimate of drug-likeness (QED) is 0.635. The highest BCUT2D eigenvalue weighted by Gasteiger charge is 2.07. The highest BCUT2D eigenvalue weighted by molar-refractivity contribution is 6.30. The number of hydrazine groups is 1. The summed E-state index contributed by atoms with van der Waals surface area (Å²) >= 11 is 5.77. The summed E-state index contributed by atoms with van der Waals surface area (Å²) < 4.78 is 7.25. The van der Waals surface area contributed by atoms with Crippen molar-refractivity contribution in [1.82, 2.24) is 14.8 Å². The van der Waals surface area contributed by atoms with Gasteiger partial charge in [-0.05, 0) is 24.3 Å². The molecule has 1 heterocycles. The first kappa shape index (κ1) is 11.7. The first-order chi connectivity index (χ1) is 8.20. The fourth-order valence-electron chi connectivity index (χ4n) is 1.29. The monoisotopic (exact) mass is 253 g/mol. The van der Waals surface area contributed by atoms with Gasteiger partial charge in [-0.1, -0.05) is 11.6 Å². The maximum Gasteiger partial charge on any atom is 0.238 e. The Balaban J connectivity index is 2.02. The van der Waals surface area contributed by atoms with E-state index in [0.717, 1.165) is 5.75 Å². The summed E-state index contributed by atoms with van der Waals surface area (Å²) in [5, 5.41) is 8.45. The van der Waals surface area contributed by atoms with E-state index in [-0.39, 0.29) is 0 Å². The molecule has 0 aliphatic rings. The van der Waals surface area contributed by atoms with E-state index < -0.39 is 0 Å². The summed E-state index contributed by atoms with van der Waals surface area (Å²) in [4.78, 5) is 0. The van der Waals surface area contributed by atoms with Crippen LogP contribution < -0.4 is 16.0 Å². The molecule has 6 nitrogen and oxygen atoms in total. The molecular weight excluding hydrogens is 242 g/mol. The Morgan fingerprint density at radius 1 is 1.35 bits per heavy atom. The van der Waals surface area contributed by atoms with Gasteiger partial charge >= 0.3 is 0 Å². The molecule has 0 radical (unpaired) electrons. The topological polar surface area (TPSA) is 78.0 Å².